The van der Waals surface area contributed by atoms with Crippen LogP contribution in [0.4, 0.5) is 0 Å². The summed E-state index contributed by atoms with van der Waals surface area (Å²) in [7, 11) is 0. The van der Waals surface area contributed by atoms with Gasteiger partial charge in [-0.2, -0.15) is 0 Å². The lowest BCUT2D eigenvalue weighted by molar-refractivity contribution is 0.557. The molecule has 0 unspecified atom stereocenters. The first-order valence-electron chi connectivity index (χ1n) is 3.33. The number of nitrogens with two attached hydrogens (primary N) is 2. The van der Waals surface area contributed by atoms with E-state index < -0.39 is 3.67 Å². The second-order valence-electron chi connectivity index (χ2n) is 2.38. The maximum atomic E-state index is 5.54. The van der Waals surface area contributed by atoms with Gasteiger partial charge in [-0.25, -0.2) is 0 Å². The summed E-state index contributed by atoms with van der Waals surface area (Å²) in [4.78, 5) is 0. The zero-order valence-electron chi connectivity index (χ0n) is 5.86. The molecule has 0 bridgehead atoms. The molecule has 0 fully saturated rings. The topological polar surface area (TPSA) is 52.0 Å². The lowest BCUT2D eigenvalue weighted by Crippen LogP contribution is -2.42. The Balaban J connectivity index is 3.07. The Morgan fingerprint density at radius 3 is 2.22 bits per heavy atom. The smallest absolute Gasteiger partial charge is 0.117 e. The minimum Gasteiger partial charge on any atom is -0.305 e. The fourth-order valence-electron chi connectivity index (χ4n) is 0.646. The third-order valence-electron chi connectivity index (χ3n) is 1.16. The molecule has 0 heterocycles. The highest BCUT2D eigenvalue weighted by Gasteiger charge is 2.11. The van der Waals surface area contributed by atoms with E-state index in [0.29, 0.717) is 0 Å². The summed E-state index contributed by atoms with van der Waals surface area (Å²) in [5.74, 6) is 0. The first-order chi connectivity index (χ1) is 4.06. The second kappa shape index (κ2) is 4.46. The highest BCUT2D eigenvalue weighted by molar-refractivity contribution is 14.1. The molecule has 0 aliphatic heterocycles. The molecule has 56 valence electrons. The standard InChI is InChI=1S/C6H15IN2/c1-2-3-4-5-6(7,8)9/h2-5,8-9H2,1H3. The van der Waals surface area contributed by atoms with Crippen molar-refractivity contribution in [2.24, 2.45) is 11.5 Å². The van der Waals surface area contributed by atoms with Gasteiger partial charge in [0.15, 0.2) is 0 Å². The summed E-state index contributed by atoms with van der Waals surface area (Å²) in [6, 6.07) is 0. The van der Waals surface area contributed by atoms with Crippen molar-refractivity contribution in [3.8, 4) is 0 Å². The molecule has 0 radical (unpaired) electrons. The van der Waals surface area contributed by atoms with E-state index in [0.717, 1.165) is 12.8 Å². The molecule has 3 heteroatoms. The van der Waals surface area contributed by atoms with Crippen molar-refractivity contribution in [2.45, 2.75) is 36.3 Å². The van der Waals surface area contributed by atoms with Crippen LogP contribution in [0.3, 0.4) is 0 Å². The fourth-order valence-corrected chi connectivity index (χ4v) is 1.03. The minimum atomic E-state index is -0.479. The average molecular weight is 242 g/mol. The first kappa shape index (κ1) is 9.65. The van der Waals surface area contributed by atoms with E-state index >= 15 is 0 Å². The monoisotopic (exact) mass is 242 g/mol. The van der Waals surface area contributed by atoms with E-state index in [1.54, 1.807) is 0 Å². The SMILES string of the molecule is CCCCCC(N)(N)I. The van der Waals surface area contributed by atoms with Crippen LogP contribution in [-0.2, 0) is 0 Å². The van der Waals surface area contributed by atoms with Gasteiger partial charge < -0.3 is 11.5 Å². The lowest BCUT2D eigenvalue weighted by atomic mass is 10.2. The van der Waals surface area contributed by atoms with Gasteiger partial charge >= 0.3 is 0 Å². The Morgan fingerprint density at radius 2 is 1.89 bits per heavy atom. The van der Waals surface area contributed by atoms with E-state index in [2.05, 4.69) is 29.5 Å². The minimum absolute atomic E-state index is 0.479. The van der Waals surface area contributed by atoms with Crippen molar-refractivity contribution < 1.29 is 0 Å². The molecule has 4 N–H and O–H groups in total. The Bertz CT molecular complexity index is 67.9. The molecule has 9 heavy (non-hydrogen) atoms. The third-order valence-corrected chi connectivity index (χ3v) is 1.70. The molecule has 0 aromatic carbocycles. The van der Waals surface area contributed by atoms with Crippen LogP contribution in [0.2, 0.25) is 0 Å². The van der Waals surface area contributed by atoms with Crippen LogP contribution in [0.15, 0.2) is 0 Å². The molecular formula is C6H15IN2. The average Bonchev–Trinajstić information content (AvgIpc) is 1.63. The molecule has 0 aliphatic rings. The molecule has 0 saturated carbocycles. The Morgan fingerprint density at radius 1 is 1.33 bits per heavy atom. The van der Waals surface area contributed by atoms with Crippen molar-refractivity contribution in [3.05, 3.63) is 0 Å². The summed E-state index contributed by atoms with van der Waals surface area (Å²) in [6.45, 7) is 2.17. The van der Waals surface area contributed by atoms with Crippen LogP contribution in [-0.4, -0.2) is 3.67 Å². The number of halogens is 1. The van der Waals surface area contributed by atoms with Gasteiger partial charge in [-0.05, 0) is 35.4 Å². The molecule has 0 aromatic rings. The number of unbranched alkanes of at least 4 members (excludes halogenated alkanes) is 2. The van der Waals surface area contributed by atoms with Crippen molar-refractivity contribution >= 4 is 22.6 Å². The Hall–Kier alpha value is 0.650. The van der Waals surface area contributed by atoms with Crippen LogP contribution in [0.5, 0.6) is 0 Å². The molecule has 0 amide bonds. The van der Waals surface area contributed by atoms with Gasteiger partial charge in [0.2, 0.25) is 0 Å². The predicted octanol–water partition coefficient (Wildman–Crippen LogP) is 1.57. The molecular weight excluding hydrogens is 227 g/mol. The third kappa shape index (κ3) is 8.65. The second-order valence-corrected chi connectivity index (χ2v) is 4.39. The largest absolute Gasteiger partial charge is 0.305 e. The van der Waals surface area contributed by atoms with Crippen LogP contribution in [0.1, 0.15) is 32.6 Å². The summed E-state index contributed by atoms with van der Waals surface area (Å²) >= 11 is 2.07. The summed E-state index contributed by atoms with van der Waals surface area (Å²) in [6.07, 6.45) is 4.53. The fraction of sp³-hybridized carbons (Fsp3) is 1.00. The molecule has 0 aliphatic carbocycles. The van der Waals surface area contributed by atoms with Crippen LogP contribution < -0.4 is 11.5 Å². The molecule has 0 rings (SSSR count). The quantitative estimate of drug-likeness (QED) is 0.258. The predicted molar refractivity (Wildman–Crippen MR) is 49.3 cm³/mol. The zero-order chi connectivity index (χ0) is 7.33. The number of alkyl halides is 1. The summed E-state index contributed by atoms with van der Waals surface area (Å²) in [5.41, 5.74) is 11.1. The van der Waals surface area contributed by atoms with Gasteiger partial charge in [-0.15, -0.1) is 0 Å². The molecule has 0 spiro atoms. The number of hydrogen-bond donors (Lipinski definition) is 2. The van der Waals surface area contributed by atoms with Crippen LogP contribution in [0, 0.1) is 0 Å². The summed E-state index contributed by atoms with van der Waals surface area (Å²) < 4.78 is -0.479. The van der Waals surface area contributed by atoms with E-state index in [9.17, 15) is 0 Å². The van der Waals surface area contributed by atoms with E-state index in [1.807, 2.05) is 0 Å². The molecule has 0 atom stereocenters. The van der Waals surface area contributed by atoms with Crippen molar-refractivity contribution in [1.29, 1.82) is 0 Å². The van der Waals surface area contributed by atoms with Gasteiger partial charge in [0, 0.05) is 0 Å². The number of hydrogen-bond acceptors (Lipinski definition) is 2. The van der Waals surface area contributed by atoms with Gasteiger partial charge in [0.1, 0.15) is 3.67 Å². The van der Waals surface area contributed by atoms with Crippen molar-refractivity contribution in [1.82, 2.24) is 0 Å². The summed E-state index contributed by atoms with van der Waals surface area (Å²) in [5, 5.41) is 0. The maximum Gasteiger partial charge on any atom is 0.117 e. The maximum absolute atomic E-state index is 5.54. The molecule has 0 saturated heterocycles. The lowest BCUT2D eigenvalue weighted by Gasteiger charge is -2.14. The van der Waals surface area contributed by atoms with Crippen molar-refractivity contribution in [2.75, 3.05) is 0 Å². The van der Waals surface area contributed by atoms with Crippen LogP contribution in [0.25, 0.3) is 0 Å². The zero-order valence-corrected chi connectivity index (χ0v) is 8.02. The van der Waals surface area contributed by atoms with Crippen molar-refractivity contribution in [3.63, 3.8) is 0 Å². The highest BCUT2D eigenvalue weighted by Crippen LogP contribution is 2.12. The Labute approximate surface area is 70.5 Å². The highest BCUT2D eigenvalue weighted by atomic mass is 127. The van der Waals surface area contributed by atoms with E-state index in [1.165, 1.54) is 12.8 Å². The van der Waals surface area contributed by atoms with E-state index in [-0.39, 0.29) is 0 Å². The molecule has 2 nitrogen and oxygen atoms in total. The van der Waals surface area contributed by atoms with Gasteiger partial charge in [-0.1, -0.05) is 19.8 Å². The van der Waals surface area contributed by atoms with Gasteiger partial charge in [-0.3, -0.25) is 0 Å². The van der Waals surface area contributed by atoms with Gasteiger partial charge in [0.05, 0.1) is 0 Å². The number of rotatable bonds is 4. The normalized spacial score (nSPS) is 12.0. The van der Waals surface area contributed by atoms with Crippen LogP contribution >= 0.6 is 22.6 Å². The Kier molecular flexibility index (Phi) is 4.79. The first-order valence-corrected chi connectivity index (χ1v) is 4.41. The van der Waals surface area contributed by atoms with Gasteiger partial charge in [0.25, 0.3) is 0 Å². The van der Waals surface area contributed by atoms with E-state index in [4.69, 9.17) is 11.5 Å². The molecule has 0 aromatic heterocycles.